The van der Waals surface area contributed by atoms with Crippen LogP contribution in [0.4, 0.5) is 0 Å². The van der Waals surface area contributed by atoms with Crippen molar-refractivity contribution in [3.05, 3.63) is 35.4 Å². The standard InChI is InChI=1S/C17H19NO3/c19-10-12-15(20)14-7-6-13(11-4-3-5-11)18(14)17(16(12)21)8-1-2-9-17/h6-7,10-11,19H,1-5,8-9H2. The summed E-state index contributed by atoms with van der Waals surface area (Å²) < 4.78 is 2.04. The molecule has 4 rings (SSSR count). The second kappa shape index (κ2) is 4.33. The van der Waals surface area contributed by atoms with Gasteiger partial charge in [-0.3, -0.25) is 9.59 Å². The molecule has 0 radical (unpaired) electrons. The molecule has 1 aromatic heterocycles. The molecule has 0 atom stereocenters. The first kappa shape index (κ1) is 12.9. The van der Waals surface area contributed by atoms with Crippen molar-refractivity contribution in [2.75, 3.05) is 0 Å². The summed E-state index contributed by atoms with van der Waals surface area (Å²) in [6, 6.07) is 3.86. The number of aliphatic hydroxyl groups is 1. The molecule has 2 heterocycles. The molecule has 4 heteroatoms. The number of fused-ring (bicyclic) bond motifs is 2. The Kier molecular flexibility index (Phi) is 2.65. The average Bonchev–Trinajstić information content (AvgIpc) is 3.03. The maximum atomic E-state index is 12.9. The Labute approximate surface area is 123 Å². The average molecular weight is 285 g/mol. The first-order valence-corrected chi connectivity index (χ1v) is 7.85. The monoisotopic (exact) mass is 285 g/mol. The van der Waals surface area contributed by atoms with Crippen molar-refractivity contribution < 1.29 is 14.7 Å². The van der Waals surface area contributed by atoms with Crippen LogP contribution < -0.4 is 0 Å². The molecule has 0 saturated heterocycles. The van der Waals surface area contributed by atoms with Crippen LogP contribution in [-0.2, 0) is 10.3 Å². The summed E-state index contributed by atoms with van der Waals surface area (Å²) in [7, 11) is 0. The minimum absolute atomic E-state index is 0.0392. The van der Waals surface area contributed by atoms with Gasteiger partial charge in [0, 0.05) is 5.69 Å². The molecule has 21 heavy (non-hydrogen) atoms. The number of allylic oxidation sites excluding steroid dienone is 1. The van der Waals surface area contributed by atoms with E-state index in [-0.39, 0.29) is 17.1 Å². The van der Waals surface area contributed by atoms with Gasteiger partial charge in [0.25, 0.3) is 0 Å². The van der Waals surface area contributed by atoms with Gasteiger partial charge < -0.3 is 9.67 Å². The highest BCUT2D eigenvalue weighted by Crippen LogP contribution is 2.48. The first-order valence-electron chi connectivity index (χ1n) is 7.85. The van der Waals surface area contributed by atoms with Crippen molar-refractivity contribution in [3.63, 3.8) is 0 Å². The van der Waals surface area contributed by atoms with Gasteiger partial charge in [-0.2, -0.15) is 0 Å². The van der Waals surface area contributed by atoms with Gasteiger partial charge >= 0.3 is 0 Å². The lowest BCUT2D eigenvalue weighted by Gasteiger charge is -2.39. The van der Waals surface area contributed by atoms with Crippen LogP contribution in [-0.4, -0.2) is 21.2 Å². The number of aliphatic hydroxyl groups excluding tert-OH is 1. The van der Waals surface area contributed by atoms with Gasteiger partial charge in [-0.25, -0.2) is 0 Å². The van der Waals surface area contributed by atoms with Crippen molar-refractivity contribution in [1.29, 1.82) is 0 Å². The summed E-state index contributed by atoms with van der Waals surface area (Å²) in [5.74, 6) is -0.0288. The molecule has 110 valence electrons. The minimum atomic E-state index is -0.619. The summed E-state index contributed by atoms with van der Waals surface area (Å²) >= 11 is 0. The molecule has 0 unspecified atom stereocenters. The lowest BCUT2D eigenvalue weighted by molar-refractivity contribution is -0.124. The molecule has 2 saturated carbocycles. The van der Waals surface area contributed by atoms with Crippen LogP contribution in [0.1, 0.15) is 67.0 Å². The molecule has 0 amide bonds. The second-order valence-corrected chi connectivity index (χ2v) is 6.55. The summed E-state index contributed by atoms with van der Waals surface area (Å²) in [4.78, 5) is 25.3. The van der Waals surface area contributed by atoms with E-state index in [1.54, 1.807) is 0 Å². The molecule has 1 N–H and O–H groups in total. The highest BCUT2D eigenvalue weighted by Gasteiger charge is 2.52. The van der Waals surface area contributed by atoms with E-state index in [4.69, 9.17) is 0 Å². The molecule has 1 aliphatic heterocycles. The number of aromatic nitrogens is 1. The minimum Gasteiger partial charge on any atom is -0.515 e. The third-order valence-corrected chi connectivity index (χ3v) is 5.57. The number of rotatable bonds is 1. The fraction of sp³-hybridized carbons (Fsp3) is 0.529. The van der Waals surface area contributed by atoms with E-state index < -0.39 is 5.54 Å². The summed E-state index contributed by atoms with van der Waals surface area (Å²) in [6.45, 7) is 0. The molecule has 0 bridgehead atoms. The van der Waals surface area contributed by atoms with Gasteiger partial charge in [0.15, 0.2) is 5.78 Å². The lowest BCUT2D eigenvalue weighted by atomic mass is 9.79. The Balaban J connectivity index is 1.96. The largest absolute Gasteiger partial charge is 0.515 e. The van der Waals surface area contributed by atoms with E-state index >= 15 is 0 Å². The van der Waals surface area contributed by atoms with E-state index in [2.05, 4.69) is 0 Å². The SMILES string of the molecule is O=C1C(=CO)C(=O)C2(CCCC2)n2c1ccc2C1CCC1. The fourth-order valence-electron chi connectivity index (χ4n) is 4.25. The zero-order valence-electron chi connectivity index (χ0n) is 12.0. The highest BCUT2D eigenvalue weighted by atomic mass is 16.2. The van der Waals surface area contributed by atoms with Crippen LogP contribution in [0.2, 0.25) is 0 Å². The van der Waals surface area contributed by atoms with Crippen LogP contribution in [0.5, 0.6) is 0 Å². The third-order valence-electron chi connectivity index (χ3n) is 5.57. The van der Waals surface area contributed by atoms with Gasteiger partial charge in [0.1, 0.15) is 11.1 Å². The Bertz CT molecular complexity index is 658. The van der Waals surface area contributed by atoms with Crippen LogP contribution in [0, 0.1) is 0 Å². The molecule has 1 aromatic rings. The van der Waals surface area contributed by atoms with Gasteiger partial charge in [0.2, 0.25) is 5.78 Å². The lowest BCUT2D eigenvalue weighted by Crippen LogP contribution is -2.48. The molecule has 1 spiro atoms. The van der Waals surface area contributed by atoms with E-state index in [0.717, 1.165) is 44.2 Å². The topological polar surface area (TPSA) is 59.3 Å². The molecule has 2 aliphatic carbocycles. The maximum Gasteiger partial charge on any atom is 0.216 e. The number of Topliss-reactive ketones (excluding diaryl/α,β-unsaturated/α-hetero) is 2. The van der Waals surface area contributed by atoms with Crippen molar-refractivity contribution in [3.8, 4) is 0 Å². The Morgan fingerprint density at radius 2 is 1.86 bits per heavy atom. The number of carbonyl (C=O) groups is 2. The molecule has 0 aromatic carbocycles. The molecule has 3 aliphatic rings. The number of ketones is 2. The van der Waals surface area contributed by atoms with E-state index in [1.165, 1.54) is 6.42 Å². The zero-order chi connectivity index (χ0) is 14.6. The van der Waals surface area contributed by atoms with Crippen molar-refractivity contribution in [2.24, 2.45) is 0 Å². The van der Waals surface area contributed by atoms with Crippen molar-refractivity contribution in [1.82, 2.24) is 4.57 Å². The van der Waals surface area contributed by atoms with Crippen molar-refractivity contribution in [2.45, 2.75) is 56.4 Å². The van der Waals surface area contributed by atoms with Crippen LogP contribution in [0.25, 0.3) is 0 Å². The van der Waals surface area contributed by atoms with Crippen LogP contribution in [0.3, 0.4) is 0 Å². The normalized spacial score (nSPS) is 26.4. The van der Waals surface area contributed by atoms with E-state index in [1.807, 2.05) is 16.7 Å². The molecular formula is C17H19NO3. The second-order valence-electron chi connectivity index (χ2n) is 6.55. The predicted molar refractivity (Wildman–Crippen MR) is 77.5 cm³/mol. The number of nitrogens with zero attached hydrogens (tertiary/aromatic N) is 1. The smallest absolute Gasteiger partial charge is 0.216 e. The number of hydrogen-bond donors (Lipinski definition) is 1. The number of carbonyl (C=O) groups excluding carboxylic acids is 2. The van der Waals surface area contributed by atoms with Crippen molar-refractivity contribution >= 4 is 11.6 Å². The Morgan fingerprint density at radius 3 is 2.43 bits per heavy atom. The predicted octanol–water partition coefficient (Wildman–Crippen LogP) is 3.23. The Morgan fingerprint density at radius 1 is 1.14 bits per heavy atom. The summed E-state index contributed by atoms with van der Waals surface area (Å²) in [5.41, 5.74) is 1.07. The van der Waals surface area contributed by atoms with Gasteiger partial charge in [-0.1, -0.05) is 19.3 Å². The summed E-state index contributed by atoms with van der Waals surface area (Å²) in [5, 5.41) is 9.36. The zero-order valence-corrected chi connectivity index (χ0v) is 12.0. The van der Waals surface area contributed by atoms with Gasteiger partial charge in [-0.15, -0.1) is 0 Å². The maximum absolute atomic E-state index is 12.9. The van der Waals surface area contributed by atoms with Gasteiger partial charge in [-0.05, 0) is 43.7 Å². The highest BCUT2D eigenvalue weighted by molar-refractivity contribution is 6.29. The quantitative estimate of drug-likeness (QED) is 0.489. The fourth-order valence-corrected chi connectivity index (χ4v) is 4.25. The van der Waals surface area contributed by atoms with Crippen LogP contribution >= 0.6 is 0 Å². The third kappa shape index (κ3) is 1.50. The van der Waals surface area contributed by atoms with Crippen LogP contribution in [0.15, 0.2) is 24.0 Å². The van der Waals surface area contributed by atoms with Gasteiger partial charge in [0.05, 0.1) is 12.0 Å². The summed E-state index contributed by atoms with van der Waals surface area (Å²) in [6.07, 6.45) is 7.78. The molecule has 4 nitrogen and oxygen atoms in total. The molecular weight excluding hydrogens is 266 g/mol. The van der Waals surface area contributed by atoms with E-state index in [9.17, 15) is 14.7 Å². The van der Waals surface area contributed by atoms with E-state index in [0.29, 0.717) is 17.9 Å². The Hall–Kier alpha value is -1.84. The first-order chi connectivity index (χ1) is 10.2. The number of hydrogen-bond acceptors (Lipinski definition) is 3. The molecule has 2 fully saturated rings.